The lowest BCUT2D eigenvalue weighted by Crippen LogP contribution is -2.15. The Hall–Kier alpha value is -4.64. The molecule has 8 nitrogen and oxygen atoms in total. The first-order chi connectivity index (χ1) is 23.0. The summed E-state index contributed by atoms with van der Waals surface area (Å²) in [6.45, 7) is 5.17. The normalized spacial score (nSPS) is 9.40. The third-order valence-electron chi connectivity index (χ3n) is 6.92. The van der Waals surface area contributed by atoms with E-state index < -0.39 is 11.9 Å². The predicted octanol–water partition coefficient (Wildman–Crippen LogP) is 9.80. The molecule has 0 aromatic heterocycles. The van der Waals surface area contributed by atoms with E-state index in [-0.39, 0.29) is 0 Å². The average Bonchev–Trinajstić information content (AvgIpc) is 3.09. The van der Waals surface area contributed by atoms with Crippen LogP contribution >= 0.6 is 0 Å². The largest absolute Gasteiger partial charge is 0.462 e. The Morgan fingerprint density at radius 2 is 0.809 bits per heavy atom. The maximum atomic E-state index is 12.4. The van der Waals surface area contributed by atoms with Crippen molar-refractivity contribution in [2.75, 3.05) is 13.2 Å². The van der Waals surface area contributed by atoms with Gasteiger partial charge in [0.05, 0.1) is 24.3 Å². The van der Waals surface area contributed by atoms with Gasteiger partial charge in [-0.05, 0) is 42.5 Å². The molecule has 0 saturated heterocycles. The number of carbonyl (C=O) groups is 2. The molecule has 8 heteroatoms. The first-order valence-electron chi connectivity index (χ1n) is 16.6. The van der Waals surface area contributed by atoms with E-state index in [1.165, 1.54) is 62.5 Å². The van der Waals surface area contributed by atoms with Gasteiger partial charge in [0, 0.05) is 0 Å². The maximum Gasteiger partial charge on any atom is 0.339 e. The van der Waals surface area contributed by atoms with E-state index >= 15 is 0 Å². The number of rotatable bonds is 18. The Morgan fingerprint density at radius 3 is 1.15 bits per heavy atom. The Morgan fingerprint density at radius 1 is 0.511 bits per heavy atom. The molecule has 0 saturated carbocycles. The number of carbonyl (C=O) groups excluding carboxylic acids is 4. The number of nitrogens with one attached hydrogen (secondary N) is 2. The summed E-state index contributed by atoms with van der Waals surface area (Å²) in [6.07, 6.45) is 16.2. The topological polar surface area (TPSA) is 134 Å². The summed E-state index contributed by atoms with van der Waals surface area (Å²) in [5.41, 5.74) is 3.32. The van der Waals surface area contributed by atoms with E-state index in [1.807, 2.05) is 0 Å². The molecule has 0 unspecified atom stereocenters. The van der Waals surface area contributed by atoms with Crippen LogP contribution in [-0.4, -0.2) is 37.3 Å². The highest BCUT2D eigenvalue weighted by Gasteiger charge is 2.18. The van der Waals surface area contributed by atoms with Crippen molar-refractivity contribution in [3.63, 3.8) is 0 Å². The van der Waals surface area contributed by atoms with E-state index in [4.69, 9.17) is 29.9 Å². The van der Waals surface area contributed by atoms with Crippen LogP contribution in [0.4, 0.5) is 0 Å². The van der Waals surface area contributed by atoms with Crippen molar-refractivity contribution in [3.05, 3.63) is 107 Å². The quantitative estimate of drug-likeness (QED) is 0.0612. The zero-order valence-corrected chi connectivity index (χ0v) is 28.1. The highest BCUT2D eigenvalue weighted by Crippen LogP contribution is 2.14. The van der Waals surface area contributed by atoms with Crippen molar-refractivity contribution < 1.29 is 28.7 Å². The molecule has 2 N–H and O–H groups in total. The van der Waals surface area contributed by atoms with Gasteiger partial charge >= 0.3 is 11.9 Å². The standard InChI is InChI=1S/C24H38O4.C13H12.2CHNO/c1-3-5-7-9-11-15-19-27-23(25)21-17-13-14-18-22(21)24(26)28-20-16-12-10-8-6-4-2;1-3-7-12(8-4-1)11-13-9-5-2-6-10-13;2*2-1-3/h13-14,17-18H,3-12,15-16,19-20H2,1-2H3;1-10H,11H2;2*2H. The van der Waals surface area contributed by atoms with Gasteiger partial charge in [-0.3, -0.25) is 0 Å². The van der Waals surface area contributed by atoms with Crippen LogP contribution in [0.3, 0.4) is 0 Å². The molecule has 0 amide bonds. The van der Waals surface area contributed by atoms with Gasteiger partial charge in [-0.25, -0.2) is 30.0 Å². The first kappa shape index (κ1) is 42.4. The summed E-state index contributed by atoms with van der Waals surface area (Å²) >= 11 is 0. The minimum Gasteiger partial charge on any atom is -0.462 e. The Balaban J connectivity index is 0.000000909. The molecule has 47 heavy (non-hydrogen) atoms. The van der Waals surface area contributed by atoms with Crippen molar-refractivity contribution in [2.24, 2.45) is 0 Å². The number of isocyanates is 2. The summed E-state index contributed by atoms with van der Waals surface area (Å²) in [5, 5.41) is 10.8. The van der Waals surface area contributed by atoms with Crippen LogP contribution < -0.4 is 0 Å². The smallest absolute Gasteiger partial charge is 0.339 e. The summed E-state index contributed by atoms with van der Waals surface area (Å²) in [4.78, 5) is 41.4. The van der Waals surface area contributed by atoms with Gasteiger partial charge in [0.2, 0.25) is 12.2 Å². The molecule has 3 aromatic carbocycles. The van der Waals surface area contributed by atoms with Crippen LogP contribution in [0.2, 0.25) is 0 Å². The molecule has 0 radical (unpaired) electrons. The monoisotopic (exact) mass is 644 g/mol. The van der Waals surface area contributed by atoms with E-state index in [0.29, 0.717) is 24.3 Å². The lowest BCUT2D eigenvalue weighted by atomic mass is 10.1. The fourth-order valence-corrected chi connectivity index (χ4v) is 4.52. The second-order valence-corrected chi connectivity index (χ2v) is 10.7. The number of hydrogen-bond donors (Lipinski definition) is 2. The van der Waals surface area contributed by atoms with Crippen molar-refractivity contribution in [1.29, 1.82) is 10.8 Å². The van der Waals surface area contributed by atoms with Crippen molar-refractivity contribution >= 4 is 24.1 Å². The number of hydrogen-bond acceptors (Lipinski definition) is 8. The number of benzene rings is 3. The first-order valence-corrected chi connectivity index (χ1v) is 16.6. The SMILES string of the molecule is CCCCCCCCOC(=O)c1ccccc1C(=O)OCCCCCCCC.N=C=O.N=C=O.c1ccc(Cc2ccccc2)cc1. The molecule has 0 aliphatic rings. The van der Waals surface area contributed by atoms with Gasteiger partial charge in [0.25, 0.3) is 0 Å². The van der Waals surface area contributed by atoms with Crippen LogP contribution in [0.1, 0.15) is 123 Å². The van der Waals surface area contributed by atoms with Crippen LogP contribution in [0, 0.1) is 10.8 Å². The van der Waals surface area contributed by atoms with Gasteiger partial charge in [0.15, 0.2) is 0 Å². The van der Waals surface area contributed by atoms with E-state index in [2.05, 4.69) is 74.5 Å². The van der Waals surface area contributed by atoms with Crippen LogP contribution in [0.25, 0.3) is 0 Å². The fourth-order valence-electron chi connectivity index (χ4n) is 4.52. The molecule has 0 heterocycles. The zero-order chi connectivity index (χ0) is 34.8. The molecular weight excluding hydrogens is 592 g/mol. The minimum atomic E-state index is -0.444. The van der Waals surface area contributed by atoms with Crippen LogP contribution in [0.15, 0.2) is 84.9 Å². The molecule has 254 valence electrons. The van der Waals surface area contributed by atoms with Crippen molar-refractivity contribution in [3.8, 4) is 0 Å². The second kappa shape index (κ2) is 31.3. The van der Waals surface area contributed by atoms with Gasteiger partial charge in [-0.15, -0.1) is 0 Å². The predicted molar refractivity (Wildman–Crippen MR) is 186 cm³/mol. The van der Waals surface area contributed by atoms with Gasteiger partial charge in [-0.2, -0.15) is 0 Å². The number of ether oxygens (including phenoxy) is 2. The van der Waals surface area contributed by atoms with E-state index in [1.54, 1.807) is 24.3 Å². The molecule has 0 aliphatic heterocycles. The Bertz CT molecular complexity index is 1170. The van der Waals surface area contributed by atoms with Crippen LogP contribution in [-0.2, 0) is 25.5 Å². The number of unbranched alkanes of at least 4 members (excludes halogenated alkanes) is 10. The maximum absolute atomic E-state index is 12.4. The Kier molecular flexibility index (Phi) is 28.3. The average molecular weight is 645 g/mol. The van der Waals surface area contributed by atoms with Crippen LogP contribution in [0.5, 0.6) is 0 Å². The Labute approximate surface area is 280 Å². The summed E-state index contributed by atoms with van der Waals surface area (Å²) in [6, 6.07) is 27.8. The molecule has 0 spiro atoms. The third kappa shape index (κ3) is 23.4. The highest BCUT2D eigenvalue weighted by molar-refractivity contribution is 6.03. The van der Waals surface area contributed by atoms with E-state index in [0.717, 1.165) is 44.3 Å². The lowest BCUT2D eigenvalue weighted by molar-refractivity contribution is 0.0450. The lowest BCUT2D eigenvalue weighted by Gasteiger charge is -2.10. The van der Waals surface area contributed by atoms with Gasteiger partial charge in [0.1, 0.15) is 0 Å². The summed E-state index contributed by atoms with van der Waals surface area (Å²) in [5.74, 6) is -0.888. The van der Waals surface area contributed by atoms with Gasteiger partial charge in [-0.1, -0.05) is 151 Å². The van der Waals surface area contributed by atoms with Crippen molar-refractivity contribution in [1.82, 2.24) is 0 Å². The molecule has 0 atom stereocenters. The highest BCUT2D eigenvalue weighted by atomic mass is 16.5. The van der Waals surface area contributed by atoms with Gasteiger partial charge < -0.3 is 9.47 Å². The van der Waals surface area contributed by atoms with E-state index in [9.17, 15) is 9.59 Å². The molecule has 3 rings (SSSR count). The fraction of sp³-hybridized carbons (Fsp3) is 0.436. The van der Waals surface area contributed by atoms with Crippen molar-refractivity contribution in [2.45, 2.75) is 97.3 Å². The molecule has 0 fully saturated rings. The molecular formula is C39H52N2O6. The molecule has 3 aromatic rings. The second-order valence-electron chi connectivity index (χ2n) is 10.7. The zero-order valence-electron chi connectivity index (χ0n) is 28.1. The summed E-state index contributed by atoms with van der Waals surface area (Å²) in [7, 11) is 0. The third-order valence-corrected chi connectivity index (χ3v) is 6.92. The molecule has 0 aliphatic carbocycles. The molecule has 0 bridgehead atoms. The number of esters is 2. The minimum absolute atomic E-state index is 0.293. The summed E-state index contributed by atoms with van der Waals surface area (Å²) < 4.78 is 10.7.